The van der Waals surface area contributed by atoms with E-state index in [4.69, 9.17) is 10.5 Å². The fourth-order valence-electron chi connectivity index (χ4n) is 2.18. The Labute approximate surface area is 124 Å². The monoisotopic (exact) mass is 284 g/mol. The van der Waals surface area contributed by atoms with E-state index in [1.807, 2.05) is 38.1 Å². The quantitative estimate of drug-likeness (QED) is 0.880. The molecule has 1 aliphatic rings. The third-order valence-corrected chi connectivity index (χ3v) is 3.58. The predicted octanol–water partition coefficient (Wildman–Crippen LogP) is 3.39. The topological polar surface area (TPSA) is 73.1 Å². The van der Waals surface area contributed by atoms with E-state index in [2.05, 4.69) is 15.3 Å². The third kappa shape index (κ3) is 2.91. The SMILES string of the molecule is CCOc1ccccc1Nc1nc(C2CC2)nc(N)c1C. The molecule has 3 N–H and O–H groups in total. The molecule has 5 nitrogen and oxygen atoms in total. The van der Waals surface area contributed by atoms with Crippen LogP contribution in [0.4, 0.5) is 17.3 Å². The zero-order chi connectivity index (χ0) is 14.8. The van der Waals surface area contributed by atoms with Crippen molar-refractivity contribution >= 4 is 17.3 Å². The van der Waals surface area contributed by atoms with Gasteiger partial charge in [0, 0.05) is 11.5 Å². The molecule has 1 fully saturated rings. The first kappa shape index (κ1) is 13.7. The van der Waals surface area contributed by atoms with Crippen molar-refractivity contribution in [3.63, 3.8) is 0 Å². The summed E-state index contributed by atoms with van der Waals surface area (Å²) >= 11 is 0. The molecular formula is C16H20N4O. The van der Waals surface area contributed by atoms with Gasteiger partial charge in [-0.25, -0.2) is 9.97 Å². The Balaban J connectivity index is 1.94. The van der Waals surface area contributed by atoms with Gasteiger partial charge in [-0.1, -0.05) is 12.1 Å². The van der Waals surface area contributed by atoms with Crippen LogP contribution < -0.4 is 15.8 Å². The number of nitrogens with two attached hydrogens (primary N) is 1. The van der Waals surface area contributed by atoms with E-state index in [0.29, 0.717) is 18.3 Å². The van der Waals surface area contributed by atoms with E-state index in [1.165, 1.54) is 0 Å². The number of rotatable bonds is 5. The summed E-state index contributed by atoms with van der Waals surface area (Å²) in [6.45, 7) is 4.52. The normalized spacial score (nSPS) is 14.0. The molecule has 1 aromatic carbocycles. The Bertz CT molecular complexity index is 653. The number of ether oxygens (including phenoxy) is 1. The van der Waals surface area contributed by atoms with Crippen molar-refractivity contribution in [2.75, 3.05) is 17.7 Å². The predicted molar refractivity (Wildman–Crippen MR) is 84.1 cm³/mol. The van der Waals surface area contributed by atoms with Gasteiger partial charge in [-0.3, -0.25) is 0 Å². The minimum atomic E-state index is 0.468. The van der Waals surface area contributed by atoms with Gasteiger partial charge in [-0.15, -0.1) is 0 Å². The van der Waals surface area contributed by atoms with Crippen molar-refractivity contribution in [2.45, 2.75) is 32.6 Å². The molecule has 0 spiro atoms. The van der Waals surface area contributed by atoms with Crippen LogP contribution in [0.5, 0.6) is 5.75 Å². The Kier molecular flexibility index (Phi) is 3.64. The highest BCUT2D eigenvalue weighted by Gasteiger charge is 2.28. The lowest BCUT2D eigenvalue weighted by atomic mass is 10.2. The highest BCUT2D eigenvalue weighted by Crippen LogP contribution is 2.39. The van der Waals surface area contributed by atoms with E-state index in [-0.39, 0.29) is 0 Å². The molecule has 0 aliphatic heterocycles. The Morgan fingerprint density at radius 1 is 1.29 bits per heavy atom. The maximum absolute atomic E-state index is 6.02. The molecular weight excluding hydrogens is 264 g/mol. The number of aromatic nitrogens is 2. The number of nitrogen functional groups attached to an aromatic ring is 1. The van der Waals surface area contributed by atoms with E-state index >= 15 is 0 Å². The maximum atomic E-state index is 6.02. The van der Waals surface area contributed by atoms with Crippen LogP contribution in [0, 0.1) is 6.92 Å². The molecule has 2 aromatic rings. The molecule has 5 heteroatoms. The Hall–Kier alpha value is -2.30. The molecule has 21 heavy (non-hydrogen) atoms. The summed E-state index contributed by atoms with van der Waals surface area (Å²) in [5.74, 6) is 3.43. The molecule has 1 aromatic heterocycles. The zero-order valence-electron chi connectivity index (χ0n) is 12.4. The van der Waals surface area contributed by atoms with Crippen molar-refractivity contribution in [1.29, 1.82) is 0 Å². The molecule has 1 heterocycles. The number of hydrogen-bond donors (Lipinski definition) is 2. The third-order valence-electron chi connectivity index (χ3n) is 3.58. The first-order chi connectivity index (χ1) is 10.2. The molecule has 0 amide bonds. The standard InChI is InChI=1S/C16H20N4O/c1-3-21-13-7-5-4-6-12(13)18-15-10(2)14(17)19-16(20-15)11-8-9-11/h4-7,11H,3,8-9H2,1-2H3,(H3,17,18,19,20). The van der Waals surface area contributed by atoms with Crippen LogP contribution in [0.25, 0.3) is 0 Å². The average Bonchev–Trinajstić information content (AvgIpc) is 3.30. The Morgan fingerprint density at radius 3 is 2.76 bits per heavy atom. The number of hydrogen-bond acceptors (Lipinski definition) is 5. The van der Waals surface area contributed by atoms with Gasteiger partial charge in [0.25, 0.3) is 0 Å². The van der Waals surface area contributed by atoms with Crippen molar-refractivity contribution in [2.24, 2.45) is 0 Å². The van der Waals surface area contributed by atoms with Crippen LogP contribution in [0.1, 0.15) is 37.1 Å². The van der Waals surface area contributed by atoms with E-state index in [1.54, 1.807) is 0 Å². The van der Waals surface area contributed by atoms with Crippen LogP contribution in [0.15, 0.2) is 24.3 Å². The number of anilines is 3. The van der Waals surface area contributed by atoms with Crippen LogP contribution >= 0.6 is 0 Å². The van der Waals surface area contributed by atoms with Crippen LogP contribution in [0.2, 0.25) is 0 Å². The highest BCUT2D eigenvalue weighted by atomic mass is 16.5. The minimum Gasteiger partial charge on any atom is -0.492 e. The second-order valence-corrected chi connectivity index (χ2v) is 5.27. The fraction of sp³-hybridized carbons (Fsp3) is 0.375. The molecule has 110 valence electrons. The largest absolute Gasteiger partial charge is 0.492 e. The smallest absolute Gasteiger partial charge is 0.142 e. The van der Waals surface area contributed by atoms with Crippen LogP contribution in [-0.2, 0) is 0 Å². The van der Waals surface area contributed by atoms with Crippen molar-refractivity contribution in [3.8, 4) is 5.75 Å². The van der Waals surface area contributed by atoms with Crippen LogP contribution in [0.3, 0.4) is 0 Å². The molecule has 0 saturated heterocycles. The summed E-state index contributed by atoms with van der Waals surface area (Å²) in [5, 5.41) is 3.33. The van der Waals surface area contributed by atoms with Gasteiger partial charge in [0.2, 0.25) is 0 Å². The molecule has 0 unspecified atom stereocenters. The first-order valence-electron chi connectivity index (χ1n) is 7.32. The Morgan fingerprint density at radius 2 is 2.05 bits per heavy atom. The lowest BCUT2D eigenvalue weighted by molar-refractivity contribution is 0.342. The van der Waals surface area contributed by atoms with Gasteiger partial charge in [-0.2, -0.15) is 0 Å². The molecule has 0 atom stereocenters. The number of para-hydroxylation sites is 2. The van der Waals surface area contributed by atoms with Gasteiger partial charge in [-0.05, 0) is 38.8 Å². The molecule has 1 saturated carbocycles. The van der Waals surface area contributed by atoms with E-state index in [9.17, 15) is 0 Å². The molecule has 3 rings (SSSR count). The summed E-state index contributed by atoms with van der Waals surface area (Å²) in [7, 11) is 0. The lowest BCUT2D eigenvalue weighted by Crippen LogP contribution is -2.07. The van der Waals surface area contributed by atoms with Gasteiger partial charge in [0.1, 0.15) is 23.2 Å². The van der Waals surface area contributed by atoms with Gasteiger partial charge < -0.3 is 15.8 Å². The molecule has 0 bridgehead atoms. The lowest BCUT2D eigenvalue weighted by Gasteiger charge is -2.14. The number of nitrogens with zero attached hydrogens (tertiary/aromatic N) is 2. The molecule has 0 radical (unpaired) electrons. The summed E-state index contributed by atoms with van der Waals surface area (Å²) in [4.78, 5) is 9.03. The van der Waals surface area contributed by atoms with Crippen LogP contribution in [-0.4, -0.2) is 16.6 Å². The summed E-state index contributed by atoms with van der Waals surface area (Å²) in [6, 6.07) is 7.83. The highest BCUT2D eigenvalue weighted by molar-refractivity contribution is 5.68. The van der Waals surface area contributed by atoms with Gasteiger partial charge in [0.15, 0.2) is 0 Å². The summed E-state index contributed by atoms with van der Waals surface area (Å²) in [6.07, 6.45) is 2.30. The van der Waals surface area contributed by atoms with Gasteiger partial charge in [0.05, 0.1) is 12.3 Å². The molecule has 1 aliphatic carbocycles. The zero-order valence-corrected chi connectivity index (χ0v) is 12.4. The number of nitrogens with one attached hydrogen (secondary N) is 1. The van der Waals surface area contributed by atoms with E-state index in [0.717, 1.165) is 41.5 Å². The maximum Gasteiger partial charge on any atom is 0.142 e. The second kappa shape index (κ2) is 5.60. The fourth-order valence-corrected chi connectivity index (χ4v) is 2.18. The van der Waals surface area contributed by atoms with Gasteiger partial charge >= 0.3 is 0 Å². The van der Waals surface area contributed by atoms with Crippen molar-refractivity contribution in [3.05, 3.63) is 35.7 Å². The second-order valence-electron chi connectivity index (χ2n) is 5.27. The van der Waals surface area contributed by atoms with Crippen molar-refractivity contribution < 1.29 is 4.74 Å². The van der Waals surface area contributed by atoms with E-state index < -0.39 is 0 Å². The summed E-state index contributed by atoms with van der Waals surface area (Å²) < 4.78 is 5.63. The average molecular weight is 284 g/mol. The number of benzene rings is 1. The first-order valence-corrected chi connectivity index (χ1v) is 7.32. The minimum absolute atomic E-state index is 0.468. The summed E-state index contributed by atoms with van der Waals surface area (Å²) in [5.41, 5.74) is 7.77. The van der Waals surface area contributed by atoms with Crippen molar-refractivity contribution in [1.82, 2.24) is 9.97 Å².